The molecule has 26 heavy (non-hydrogen) atoms. The molecule has 0 bridgehead atoms. The van der Waals surface area contributed by atoms with Crippen LogP contribution in [0.5, 0.6) is 0 Å². The molecule has 0 radical (unpaired) electrons. The number of benzene rings is 1. The Morgan fingerprint density at radius 3 is 2.73 bits per heavy atom. The third-order valence-corrected chi connectivity index (χ3v) is 5.08. The van der Waals surface area contributed by atoms with Crippen LogP contribution < -0.4 is 10.6 Å². The van der Waals surface area contributed by atoms with Gasteiger partial charge in [-0.1, -0.05) is 34.9 Å². The number of amides is 1. The third-order valence-electron chi connectivity index (χ3n) is 4.34. The van der Waals surface area contributed by atoms with Gasteiger partial charge < -0.3 is 10.6 Å². The maximum Gasteiger partial charge on any atom is 0.257 e. The lowest BCUT2D eigenvalue weighted by atomic mass is 9.97. The Hall–Kier alpha value is -2.04. The highest BCUT2D eigenvalue weighted by atomic mass is 35.5. The largest absolute Gasteiger partial charge is 0.383 e. The predicted octanol–water partition coefficient (Wildman–Crippen LogP) is 5.94. The summed E-state index contributed by atoms with van der Waals surface area (Å²) in [6.07, 6.45) is 11.6. The molecule has 1 heterocycles. The van der Waals surface area contributed by atoms with Gasteiger partial charge in [-0.2, -0.15) is 0 Å². The lowest BCUT2D eigenvalue weighted by molar-refractivity contribution is 0.102. The molecule has 6 heteroatoms. The van der Waals surface area contributed by atoms with Gasteiger partial charge in [0.25, 0.3) is 5.91 Å². The second-order valence-corrected chi connectivity index (χ2v) is 7.14. The van der Waals surface area contributed by atoms with Gasteiger partial charge in [-0.05, 0) is 56.4 Å². The number of nitrogens with one attached hydrogen (secondary N) is 2. The van der Waals surface area contributed by atoms with Gasteiger partial charge in [0.05, 0.1) is 21.3 Å². The number of hydrogen-bond donors (Lipinski definition) is 2. The van der Waals surface area contributed by atoms with Gasteiger partial charge in [-0.3, -0.25) is 9.78 Å². The molecule has 0 unspecified atom stereocenters. The molecule has 1 aromatic heterocycles. The van der Waals surface area contributed by atoms with E-state index in [0.717, 1.165) is 18.7 Å². The first-order chi connectivity index (χ1) is 12.6. The SMILES string of the molecule is O=C(Nc1ccc(Cl)c(Cl)c1)c1cncc(NCCC2=CCCCC2)c1. The maximum absolute atomic E-state index is 12.4. The third kappa shape index (κ3) is 5.23. The number of rotatable bonds is 6. The number of aromatic nitrogens is 1. The van der Waals surface area contributed by atoms with E-state index in [2.05, 4.69) is 21.7 Å². The average Bonchev–Trinajstić information content (AvgIpc) is 2.66. The van der Waals surface area contributed by atoms with Gasteiger partial charge in [0.15, 0.2) is 0 Å². The smallest absolute Gasteiger partial charge is 0.257 e. The van der Waals surface area contributed by atoms with Crippen LogP contribution in [0.2, 0.25) is 10.0 Å². The first kappa shape index (κ1) is 18.7. The van der Waals surface area contributed by atoms with Gasteiger partial charge in [-0.25, -0.2) is 0 Å². The van der Waals surface area contributed by atoms with Crippen molar-refractivity contribution in [2.75, 3.05) is 17.2 Å². The Kier molecular flexibility index (Phi) is 6.53. The Morgan fingerprint density at radius 1 is 1.08 bits per heavy atom. The number of nitrogens with zero attached hydrogens (tertiary/aromatic N) is 1. The zero-order valence-electron chi connectivity index (χ0n) is 14.4. The highest BCUT2D eigenvalue weighted by Crippen LogP contribution is 2.25. The fraction of sp³-hybridized carbons (Fsp3) is 0.300. The van der Waals surface area contributed by atoms with Crippen molar-refractivity contribution in [3.8, 4) is 0 Å². The van der Waals surface area contributed by atoms with Crippen LogP contribution in [-0.4, -0.2) is 17.4 Å². The van der Waals surface area contributed by atoms with E-state index in [1.54, 1.807) is 36.7 Å². The van der Waals surface area contributed by atoms with E-state index in [0.29, 0.717) is 21.3 Å². The summed E-state index contributed by atoms with van der Waals surface area (Å²) in [5, 5.41) is 7.00. The second kappa shape index (κ2) is 9.06. The van der Waals surface area contributed by atoms with Crippen molar-refractivity contribution in [1.29, 1.82) is 0 Å². The van der Waals surface area contributed by atoms with Crippen LogP contribution in [0.25, 0.3) is 0 Å². The molecule has 1 aliphatic carbocycles. The van der Waals surface area contributed by atoms with Gasteiger partial charge in [0.2, 0.25) is 0 Å². The number of anilines is 2. The van der Waals surface area contributed by atoms with Crippen molar-refractivity contribution in [2.45, 2.75) is 32.1 Å². The van der Waals surface area contributed by atoms with Crippen molar-refractivity contribution in [1.82, 2.24) is 4.98 Å². The normalized spacial score (nSPS) is 13.8. The van der Waals surface area contributed by atoms with Crippen molar-refractivity contribution >= 4 is 40.5 Å². The van der Waals surface area contributed by atoms with Gasteiger partial charge in [0, 0.05) is 24.6 Å². The number of hydrogen-bond acceptors (Lipinski definition) is 3. The van der Waals surface area contributed by atoms with Crippen LogP contribution in [0.3, 0.4) is 0 Å². The summed E-state index contributed by atoms with van der Waals surface area (Å²) in [6, 6.07) is 6.78. The second-order valence-electron chi connectivity index (χ2n) is 6.33. The first-order valence-electron chi connectivity index (χ1n) is 8.75. The molecular weight excluding hydrogens is 369 g/mol. The van der Waals surface area contributed by atoms with E-state index in [4.69, 9.17) is 23.2 Å². The molecule has 2 aromatic rings. The number of carbonyl (C=O) groups excluding carboxylic acids is 1. The van der Waals surface area contributed by atoms with Crippen LogP contribution in [0.15, 0.2) is 48.3 Å². The summed E-state index contributed by atoms with van der Waals surface area (Å²) in [7, 11) is 0. The Morgan fingerprint density at radius 2 is 1.96 bits per heavy atom. The van der Waals surface area contributed by atoms with Crippen molar-refractivity contribution in [3.63, 3.8) is 0 Å². The molecule has 1 aliphatic rings. The quantitative estimate of drug-likeness (QED) is 0.600. The Balaban J connectivity index is 1.58. The van der Waals surface area contributed by atoms with E-state index in [1.807, 2.05) is 0 Å². The van der Waals surface area contributed by atoms with Gasteiger partial charge in [-0.15, -0.1) is 0 Å². The standard InChI is InChI=1S/C20H21Cl2N3O/c21-18-7-6-16(11-19(18)22)25-20(26)15-10-17(13-23-12-15)24-9-8-14-4-2-1-3-5-14/h4,6-7,10-13,24H,1-3,5,8-9H2,(H,25,26). The van der Waals surface area contributed by atoms with E-state index in [1.165, 1.54) is 31.3 Å². The molecule has 1 aromatic carbocycles. The lowest BCUT2D eigenvalue weighted by Crippen LogP contribution is -2.13. The Bertz CT molecular complexity index is 820. The monoisotopic (exact) mass is 389 g/mol. The van der Waals surface area contributed by atoms with Crippen LogP contribution in [0.4, 0.5) is 11.4 Å². The molecule has 3 rings (SSSR count). The molecule has 1 amide bonds. The van der Waals surface area contributed by atoms with E-state index < -0.39 is 0 Å². The molecule has 0 aliphatic heterocycles. The fourth-order valence-corrected chi connectivity index (χ4v) is 3.24. The molecule has 0 saturated carbocycles. The minimum Gasteiger partial charge on any atom is -0.383 e. The summed E-state index contributed by atoms with van der Waals surface area (Å²) >= 11 is 11.9. The molecule has 136 valence electrons. The zero-order valence-corrected chi connectivity index (χ0v) is 15.9. The van der Waals surface area contributed by atoms with Crippen LogP contribution in [-0.2, 0) is 0 Å². The summed E-state index contributed by atoms with van der Waals surface area (Å²) < 4.78 is 0. The van der Waals surface area contributed by atoms with E-state index in [-0.39, 0.29) is 5.91 Å². The number of halogens is 2. The van der Waals surface area contributed by atoms with Crippen molar-refractivity contribution < 1.29 is 4.79 Å². The maximum atomic E-state index is 12.4. The molecule has 0 saturated heterocycles. The van der Waals surface area contributed by atoms with Crippen molar-refractivity contribution in [2.24, 2.45) is 0 Å². The highest BCUT2D eigenvalue weighted by Gasteiger charge is 2.09. The molecule has 0 atom stereocenters. The summed E-state index contributed by atoms with van der Waals surface area (Å²) in [6.45, 7) is 0.839. The molecule has 0 fully saturated rings. The van der Waals surface area contributed by atoms with E-state index >= 15 is 0 Å². The minimum atomic E-state index is -0.241. The van der Waals surface area contributed by atoms with Gasteiger partial charge >= 0.3 is 0 Å². The average molecular weight is 390 g/mol. The summed E-state index contributed by atoms with van der Waals surface area (Å²) in [5.74, 6) is -0.241. The summed E-state index contributed by atoms with van der Waals surface area (Å²) in [5.41, 5.74) is 3.43. The molecule has 2 N–H and O–H groups in total. The van der Waals surface area contributed by atoms with Crippen LogP contribution in [0, 0.1) is 0 Å². The minimum absolute atomic E-state index is 0.241. The fourth-order valence-electron chi connectivity index (χ4n) is 2.94. The molecule has 4 nitrogen and oxygen atoms in total. The van der Waals surface area contributed by atoms with Crippen molar-refractivity contribution in [3.05, 3.63) is 63.9 Å². The molecular formula is C20H21Cl2N3O. The lowest BCUT2D eigenvalue weighted by Gasteiger charge is -2.13. The zero-order chi connectivity index (χ0) is 18.4. The summed E-state index contributed by atoms with van der Waals surface area (Å²) in [4.78, 5) is 16.6. The first-order valence-corrected chi connectivity index (χ1v) is 9.50. The topological polar surface area (TPSA) is 54.0 Å². The Labute approximate surface area is 163 Å². The van der Waals surface area contributed by atoms with Crippen LogP contribution >= 0.6 is 23.2 Å². The number of carbonyl (C=O) groups is 1. The highest BCUT2D eigenvalue weighted by molar-refractivity contribution is 6.42. The number of pyridine rings is 1. The van der Waals surface area contributed by atoms with Gasteiger partial charge in [0.1, 0.15) is 0 Å². The number of allylic oxidation sites excluding steroid dienone is 1. The van der Waals surface area contributed by atoms with Crippen LogP contribution in [0.1, 0.15) is 42.5 Å². The predicted molar refractivity (Wildman–Crippen MR) is 108 cm³/mol. The van der Waals surface area contributed by atoms with E-state index in [9.17, 15) is 4.79 Å². The molecule has 0 spiro atoms.